The zero-order valence-corrected chi connectivity index (χ0v) is 18.8. The summed E-state index contributed by atoms with van der Waals surface area (Å²) in [4.78, 5) is 25.9. The molecule has 1 aliphatic carbocycles. The summed E-state index contributed by atoms with van der Waals surface area (Å²) in [6.07, 6.45) is 1.67. The van der Waals surface area contributed by atoms with E-state index in [-0.39, 0.29) is 28.1 Å². The molecule has 5 heterocycles. The zero-order valence-electron chi connectivity index (χ0n) is 18.8. The molecule has 3 aromatic heterocycles. The number of carboxylic acid groups (broad SMARTS) is 1. The average Bonchev–Trinajstić information content (AvgIpc) is 3.49. The Morgan fingerprint density at radius 3 is 2.44 bits per heavy atom. The van der Waals surface area contributed by atoms with E-state index >= 15 is 0 Å². The Balaban J connectivity index is 0.000000384. The van der Waals surface area contributed by atoms with E-state index in [4.69, 9.17) is 14.6 Å². The molecule has 6 rings (SSSR count). The second kappa shape index (κ2) is 8.72. The van der Waals surface area contributed by atoms with Crippen LogP contribution < -0.4 is 10.1 Å². The molecule has 15 heteroatoms. The van der Waals surface area contributed by atoms with E-state index in [0.717, 1.165) is 18.5 Å². The molecule has 10 nitrogen and oxygen atoms in total. The minimum absolute atomic E-state index is 0.0957. The molecule has 0 unspecified atom stereocenters. The minimum atomic E-state index is -5.08. The fraction of sp³-hybridized carbons (Fsp3) is 0.429. The number of rotatable bonds is 5. The molecule has 0 atom stereocenters. The van der Waals surface area contributed by atoms with Gasteiger partial charge in [-0.25, -0.2) is 9.78 Å². The third-order valence-corrected chi connectivity index (χ3v) is 5.87. The SMILES string of the molecule is Cn1ccc(C(=O)Nc2cn3cc(C45COC(C)(C4)C5)nc3cc2OC(F)F)n1.O=C(O)C(F)(F)F. The highest BCUT2D eigenvalue weighted by Gasteiger charge is 2.61. The Bertz CT molecular complexity index is 1310. The molecule has 1 amide bonds. The van der Waals surface area contributed by atoms with E-state index in [1.807, 2.05) is 6.20 Å². The van der Waals surface area contributed by atoms with Crippen molar-refractivity contribution >= 4 is 23.2 Å². The Kier molecular flexibility index (Phi) is 6.14. The number of halogens is 5. The Morgan fingerprint density at radius 2 is 1.94 bits per heavy atom. The first-order valence-corrected chi connectivity index (χ1v) is 10.4. The summed E-state index contributed by atoms with van der Waals surface area (Å²) in [5.74, 6) is -3.44. The maximum Gasteiger partial charge on any atom is 0.490 e. The third-order valence-electron chi connectivity index (χ3n) is 5.87. The van der Waals surface area contributed by atoms with Gasteiger partial charge in [-0.3, -0.25) is 9.48 Å². The number of fused-ring (bicyclic) bond motifs is 2. The molecule has 2 bridgehead atoms. The number of imidazole rings is 1. The number of amides is 1. The van der Waals surface area contributed by atoms with Gasteiger partial charge in [0.1, 0.15) is 11.3 Å². The number of aliphatic carboxylic acids is 1. The summed E-state index contributed by atoms with van der Waals surface area (Å²) >= 11 is 0. The van der Waals surface area contributed by atoms with Gasteiger partial charge in [-0.15, -0.1) is 0 Å². The number of nitrogens with zero attached hydrogens (tertiary/aromatic N) is 4. The summed E-state index contributed by atoms with van der Waals surface area (Å²) in [7, 11) is 1.68. The van der Waals surface area contributed by atoms with Crippen LogP contribution in [0.1, 0.15) is 35.9 Å². The number of carboxylic acids is 1. The van der Waals surface area contributed by atoms with E-state index in [9.17, 15) is 26.7 Å². The Labute approximate surface area is 199 Å². The fourth-order valence-electron chi connectivity index (χ4n) is 4.43. The summed E-state index contributed by atoms with van der Waals surface area (Å²) < 4.78 is 71.2. The number of hydrogen-bond acceptors (Lipinski definition) is 6. The van der Waals surface area contributed by atoms with Crippen LogP contribution in [0.5, 0.6) is 5.75 Å². The number of aryl methyl sites for hydroxylation is 1. The lowest BCUT2D eigenvalue weighted by Gasteiger charge is -2.41. The topological polar surface area (TPSA) is 120 Å². The van der Waals surface area contributed by atoms with Gasteiger partial charge < -0.3 is 24.3 Å². The predicted octanol–water partition coefficient (Wildman–Crippen LogP) is 3.38. The molecule has 36 heavy (non-hydrogen) atoms. The van der Waals surface area contributed by atoms with Crippen LogP contribution in [-0.4, -0.2) is 61.1 Å². The van der Waals surface area contributed by atoms with Crippen molar-refractivity contribution in [2.75, 3.05) is 11.9 Å². The number of nitrogens with one attached hydrogen (secondary N) is 1. The molecule has 2 N–H and O–H groups in total. The van der Waals surface area contributed by atoms with Crippen molar-refractivity contribution < 1.29 is 46.1 Å². The van der Waals surface area contributed by atoms with Crippen LogP contribution in [0.3, 0.4) is 0 Å². The van der Waals surface area contributed by atoms with Crippen molar-refractivity contribution in [2.24, 2.45) is 7.05 Å². The minimum Gasteiger partial charge on any atom is -0.475 e. The number of anilines is 1. The maximum absolute atomic E-state index is 12.9. The van der Waals surface area contributed by atoms with Crippen LogP contribution in [0.25, 0.3) is 5.65 Å². The van der Waals surface area contributed by atoms with Crippen LogP contribution in [0.15, 0.2) is 30.7 Å². The molecule has 2 saturated heterocycles. The molecular weight excluding hydrogens is 497 g/mol. The summed E-state index contributed by atoms with van der Waals surface area (Å²) in [6.45, 7) is -0.364. The van der Waals surface area contributed by atoms with Gasteiger partial charge in [0, 0.05) is 37.1 Å². The summed E-state index contributed by atoms with van der Waals surface area (Å²) in [5, 5.41) is 13.7. The largest absolute Gasteiger partial charge is 0.490 e. The van der Waals surface area contributed by atoms with Gasteiger partial charge in [0.2, 0.25) is 0 Å². The fourth-order valence-corrected chi connectivity index (χ4v) is 4.43. The lowest BCUT2D eigenvalue weighted by atomic mass is 9.62. The molecule has 1 saturated carbocycles. The first kappa shape index (κ1) is 25.3. The number of hydrogen-bond donors (Lipinski definition) is 2. The quantitative estimate of drug-likeness (QED) is 0.498. The van der Waals surface area contributed by atoms with E-state index in [1.54, 1.807) is 17.6 Å². The van der Waals surface area contributed by atoms with Gasteiger partial charge >= 0.3 is 18.8 Å². The van der Waals surface area contributed by atoms with Crippen molar-refractivity contribution in [3.8, 4) is 5.75 Å². The number of carbonyl (C=O) groups is 2. The van der Waals surface area contributed by atoms with Gasteiger partial charge in [0.25, 0.3) is 5.91 Å². The van der Waals surface area contributed by atoms with Crippen molar-refractivity contribution in [3.05, 3.63) is 42.1 Å². The van der Waals surface area contributed by atoms with Crippen LogP contribution in [0, 0.1) is 0 Å². The first-order chi connectivity index (χ1) is 16.7. The van der Waals surface area contributed by atoms with E-state index < -0.39 is 24.7 Å². The number of pyridine rings is 1. The molecule has 0 radical (unpaired) electrons. The van der Waals surface area contributed by atoms with Gasteiger partial charge in [0.05, 0.1) is 17.9 Å². The third kappa shape index (κ3) is 4.96. The molecule has 0 aromatic carbocycles. The van der Waals surface area contributed by atoms with Gasteiger partial charge in [-0.2, -0.15) is 27.1 Å². The van der Waals surface area contributed by atoms with Crippen molar-refractivity contribution in [1.82, 2.24) is 19.2 Å². The zero-order chi connectivity index (χ0) is 26.5. The van der Waals surface area contributed by atoms with Crippen molar-refractivity contribution in [3.63, 3.8) is 0 Å². The van der Waals surface area contributed by atoms with Crippen molar-refractivity contribution in [1.29, 1.82) is 0 Å². The van der Waals surface area contributed by atoms with Crippen LogP contribution in [0.4, 0.5) is 27.6 Å². The highest BCUT2D eigenvalue weighted by atomic mass is 19.4. The summed E-state index contributed by atoms with van der Waals surface area (Å²) in [6, 6.07) is 2.93. The second-order valence-electron chi connectivity index (χ2n) is 8.83. The molecule has 0 spiro atoms. The smallest absolute Gasteiger partial charge is 0.475 e. The number of ether oxygens (including phenoxy) is 2. The monoisotopic (exact) mass is 517 g/mol. The normalized spacial score (nSPS) is 22.7. The van der Waals surface area contributed by atoms with Gasteiger partial charge in [-0.05, 0) is 25.8 Å². The number of aromatic nitrogens is 4. The van der Waals surface area contributed by atoms with E-state index in [1.165, 1.54) is 23.0 Å². The Morgan fingerprint density at radius 1 is 1.28 bits per heavy atom. The van der Waals surface area contributed by atoms with E-state index in [2.05, 4.69) is 27.1 Å². The average molecular weight is 517 g/mol. The lowest BCUT2D eigenvalue weighted by molar-refractivity contribution is -0.192. The number of carbonyl (C=O) groups excluding carboxylic acids is 1. The molecule has 3 aliphatic rings. The highest BCUT2D eigenvalue weighted by molar-refractivity contribution is 6.03. The molecule has 2 aliphatic heterocycles. The van der Waals surface area contributed by atoms with Crippen molar-refractivity contribution in [2.45, 2.75) is 43.6 Å². The van der Waals surface area contributed by atoms with Gasteiger partial charge in [0.15, 0.2) is 11.4 Å². The van der Waals surface area contributed by atoms with Crippen LogP contribution in [-0.2, 0) is 22.0 Å². The Hall–Kier alpha value is -3.75. The predicted molar refractivity (Wildman–Crippen MR) is 112 cm³/mol. The standard InChI is InChI=1S/C19H19F2N5O3.C2HF3O2/c1-18-8-19(9-18,10-28-18)14-7-26-6-12(13(29-17(20)21)5-15(26)23-14)22-16(27)11-3-4-25(2)24-11;3-2(4,5)1(6)7/h3-7,17H,8-10H2,1-2H3,(H,22,27);(H,6,7). The summed E-state index contributed by atoms with van der Waals surface area (Å²) in [5.41, 5.74) is 1.35. The maximum atomic E-state index is 12.9. The molecule has 194 valence electrons. The highest BCUT2D eigenvalue weighted by Crippen LogP contribution is 2.58. The molecule has 3 aromatic rings. The first-order valence-electron chi connectivity index (χ1n) is 10.4. The van der Waals surface area contributed by atoms with Crippen LogP contribution >= 0.6 is 0 Å². The molecular formula is C21H20F5N5O5. The van der Waals surface area contributed by atoms with Gasteiger partial charge in [-0.1, -0.05) is 0 Å². The second-order valence-corrected chi connectivity index (χ2v) is 8.83. The molecule has 3 fully saturated rings. The lowest BCUT2D eigenvalue weighted by Crippen LogP contribution is -2.45. The number of alkyl halides is 5. The van der Waals surface area contributed by atoms with E-state index in [0.29, 0.717) is 12.3 Å². The van der Waals surface area contributed by atoms with Crippen LogP contribution in [0.2, 0.25) is 0 Å².